The number of hydrogen-bond donors (Lipinski definition) is 0. The Balaban J connectivity index is 2.54. The number of halogens is 2. The first-order valence-electron chi connectivity index (χ1n) is 7.71. The highest BCUT2D eigenvalue weighted by Gasteiger charge is 2.17. The van der Waals surface area contributed by atoms with Crippen molar-refractivity contribution in [3.05, 3.63) is 47.2 Å². The molecule has 0 aromatic rings. The van der Waals surface area contributed by atoms with Crippen LogP contribution in [0.3, 0.4) is 0 Å². The number of hydrogen-bond acceptors (Lipinski definition) is 2. The Hall–Kier alpha value is -0.800. The summed E-state index contributed by atoms with van der Waals surface area (Å²) in [5.74, 6) is 0. The first-order valence-corrected chi connectivity index (χ1v) is 8.96. The third-order valence-electron chi connectivity index (χ3n) is 3.55. The molecule has 1 heterocycles. The van der Waals surface area contributed by atoms with E-state index in [1.165, 1.54) is 11.1 Å². The highest BCUT2D eigenvalue weighted by Crippen LogP contribution is 2.31. The van der Waals surface area contributed by atoms with Crippen LogP contribution < -0.4 is 0 Å². The summed E-state index contributed by atoms with van der Waals surface area (Å²) in [6.07, 6.45) is 12.4. The number of rotatable bonds is 8. The molecule has 0 aliphatic carbocycles. The lowest BCUT2D eigenvalue weighted by atomic mass is 10.00. The van der Waals surface area contributed by atoms with Crippen LogP contribution in [0.15, 0.2) is 52.2 Å². The van der Waals surface area contributed by atoms with E-state index in [1.54, 1.807) is 17.8 Å². The fraction of sp³-hybridized carbons (Fsp3) is 0.500. The molecule has 0 amide bonds. The molecule has 0 radical (unpaired) electrons. The molecule has 1 nitrogen and oxygen atoms in total. The predicted molar refractivity (Wildman–Crippen MR) is 99.5 cm³/mol. The van der Waals surface area contributed by atoms with Gasteiger partial charge in [0.1, 0.15) is 5.16 Å². The van der Waals surface area contributed by atoms with E-state index in [4.69, 9.17) is 11.6 Å². The monoisotopic (exact) mass is 341 g/mol. The van der Waals surface area contributed by atoms with Crippen LogP contribution in [0.4, 0.5) is 4.39 Å². The normalized spacial score (nSPS) is 21.5. The van der Waals surface area contributed by atoms with Crippen molar-refractivity contribution in [2.45, 2.75) is 51.2 Å². The SMILES string of the molecule is C=C(CC/C(=C\C)CCCF)C1C=CCC(=N/C(Cl)=C\C)S1. The maximum atomic E-state index is 12.3. The van der Waals surface area contributed by atoms with Gasteiger partial charge in [-0.15, -0.1) is 0 Å². The Morgan fingerprint density at radius 2 is 2.18 bits per heavy atom. The average Bonchev–Trinajstić information content (AvgIpc) is 2.54. The van der Waals surface area contributed by atoms with E-state index in [0.29, 0.717) is 11.6 Å². The Labute approximate surface area is 143 Å². The minimum atomic E-state index is -0.245. The van der Waals surface area contributed by atoms with Crippen LogP contribution in [0, 0.1) is 0 Å². The molecule has 1 rings (SSSR count). The van der Waals surface area contributed by atoms with E-state index in [-0.39, 0.29) is 11.9 Å². The number of alkyl halides is 1. The summed E-state index contributed by atoms with van der Waals surface area (Å²) in [4.78, 5) is 4.40. The van der Waals surface area contributed by atoms with E-state index in [2.05, 4.69) is 29.8 Å². The average molecular weight is 342 g/mol. The van der Waals surface area contributed by atoms with Crippen molar-refractivity contribution < 1.29 is 4.39 Å². The van der Waals surface area contributed by atoms with E-state index < -0.39 is 0 Å². The molecule has 0 bridgehead atoms. The quantitative estimate of drug-likeness (QED) is 0.359. The van der Waals surface area contributed by atoms with Crippen molar-refractivity contribution in [1.29, 1.82) is 0 Å². The van der Waals surface area contributed by atoms with E-state index in [1.807, 2.05) is 13.8 Å². The Bertz CT molecular complexity index is 491. The van der Waals surface area contributed by atoms with Crippen LogP contribution >= 0.6 is 23.4 Å². The Kier molecular flexibility index (Phi) is 9.49. The Morgan fingerprint density at radius 3 is 2.82 bits per heavy atom. The number of thioether (sulfide) groups is 1. The van der Waals surface area contributed by atoms with Gasteiger partial charge in [0.25, 0.3) is 0 Å². The molecule has 1 aliphatic rings. The molecule has 4 heteroatoms. The van der Waals surface area contributed by atoms with Crippen LogP contribution in [-0.4, -0.2) is 17.0 Å². The Morgan fingerprint density at radius 1 is 1.41 bits per heavy atom. The first-order chi connectivity index (χ1) is 10.6. The fourth-order valence-electron chi connectivity index (χ4n) is 2.17. The second-order valence-electron chi connectivity index (χ2n) is 5.19. The standard InChI is InChI=1S/C18H25ClFNS/c1-4-15(8-7-13-20)12-11-14(3)16-9-6-10-18(22-16)21-17(19)5-2/h4-6,9,16H,3,7-8,10-13H2,1-2H3/b15-4-,17-5-,21-18?. The molecule has 0 aromatic heterocycles. The van der Waals surface area contributed by atoms with Crippen molar-refractivity contribution in [3.63, 3.8) is 0 Å². The lowest BCUT2D eigenvalue weighted by molar-refractivity contribution is 0.470. The summed E-state index contributed by atoms with van der Waals surface area (Å²) in [6, 6.07) is 0. The molecule has 1 atom stereocenters. The summed E-state index contributed by atoms with van der Waals surface area (Å²) < 4.78 is 12.3. The van der Waals surface area contributed by atoms with E-state index in [0.717, 1.165) is 30.7 Å². The van der Waals surface area contributed by atoms with Gasteiger partial charge in [0, 0.05) is 11.7 Å². The fourth-order valence-corrected chi connectivity index (χ4v) is 3.44. The van der Waals surface area contributed by atoms with Crippen molar-refractivity contribution in [3.8, 4) is 0 Å². The van der Waals surface area contributed by atoms with Gasteiger partial charge in [0.15, 0.2) is 0 Å². The van der Waals surface area contributed by atoms with Crippen LogP contribution in [0.5, 0.6) is 0 Å². The summed E-state index contributed by atoms with van der Waals surface area (Å²) in [5, 5.41) is 1.82. The molecule has 0 saturated heterocycles. The van der Waals surface area contributed by atoms with Crippen LogP contribution in [0.1, 0.15) is 46.0 Å². The highest BCUT2D eigenvalue weighted by atomic mass is 35.5. The third-order valence-corrected chi connectivity index (χ3v) is 5.12. The molecule has 0 fully saturated rings. The van der Waals surface area contributed by atoms with Gasteiger partial charge in [-0.05, 0) is 39.5 Å². The van der Waals surface area contributed by atoms with Crippen molar-refractivity contribution >= 4 is 28.4 Å². The largest absolute Gasteiger partial charge is 0.251 e. The molecule has 122 valence electrons. The lowest BCUT2D eigenvalue weighted by Crippen LogP contribution is -2.11. The zero-order chi connectivity index (χ0) is 16.4. The second-order valence-corrected chi connectivity index (χ2v) is 6.79. The minimum Gasteiger partial charge on any atom is -0.251 e. The first kappa shape index (κ1) is 19.2. The smallest absolute Gasteiger partial charge is 0.125 e. The molecule has 22 heavy (non-hydrogen) atoms. The highest BCUT2D eigenvalue weighted by molar-refractivity contribution is 8.14. The summed E-state index contributed by atoms with van der Waals surface area (Å²) in [7, 11) is 0. The lowest BCUT2D eigenvalue weighted by Gasteiger charge is -2.20. The van der Waals surface area contributed by atoms with Crippen LogP contribution in [0.25, 0.3) is 0 Å². The van der Waals surface area contributed by atoms with Gasteiger partial charge in [-0.25, -0.2) is 4.99 Å². The van der Waals surface area contributed by atoms with E-state index in [9.17, 15) is 4.39 Å². The maximum absolute atomic E-state index is 12.3. The van der Waals surface area contributed by atoms with Crippen molar-refractivity contribution in [2.24, 2.45) is 4.99 Å². The van der Waals surface area contributed by atoms with Crippen molar-refractivity contribution in [2.75, 3.05) is 6.67 Å². The molecule has 0 spiro atoms. The van der Waals surface area contributed by atoms with Gasteiger partial charge in [0.05, 0.1) is 11.7 Å². The van der Waals surface area contributed by atoms with Gasteiger partial charge in [-0.1, -0.05) is 65.4 Å². The summed E-state index contributed by atoms with van der Waals surface area (Å²) in [6.45, 7) is 7.88. The number of nitrogens with zero attached hydrogens (tertiary/aromatic N) is 1. The zero-order valence-electron chi connectivity index (χ0n) is 13.4. The zero-order valence-corrected chi connectivity index (χ0v) is 15.0. The number of aliphatic imine (C=N–C) groups is 1. The summed E-state index contributed by atoms with van der Waals surface area (Å²) >= 11 is 7.69. The molecular formula is C18H25ClFNS. The third kappa shape index (κ3) is 6.97. The molecular weight excluding hydrogens is 317 g/mol. The van der Waals surface area contributed by atoms with Gasteiger partial charge in [-0.3, -0.25) is 4.39 Å². The predicted octanol–water partition coefficient (Wildman–Crippen LogP) is 6.58. The molecule has 1 unspecified atom stereocenters. The molecule has 1 aliphatic heterocycles. The number of allylic oxidation sites excluding steroid dienone is 4. The molecule has 0 N–H and O–H groups in total. The molecule has 0 saturated carbocycles. The van der Waals surface area contributed by atoms with Gasteiger partial charge < -0.3 is 0 Å². The topological polar surface area (TPSA) is 12.4 Å². The maximum Gasteiger partial charge on any atom is 0.125 e. The van der Waals surface area contributed by atoms with Crippen LogP contribution in [-0.2, 0) is 0 Å². The molecule has 0 aromatic carbocycles. The van der Waals surface area contributed by atoms with Crippen LogP contribution in [0.2, 0.25) is 0 Å². The van der Waals surface area contributed by atoms with Gasteiger partial charge >= 0.3 is 0 Å². The van der Waals surface area contributed by atoms with E-state index >= 15 is 0 Å². The van der Waals surface area contributed by atoms with Gasteiger partial charge in [-0.2, -0.15) is 0 Å². The summed E-state index contributed by atoms with van der Waals surface area (Å²) in [5.41, 5.74) is 2.50. The second kappa shape index (κ2) is 10.8. The van der Waals surface area contributed by atoms with Crippen molar-refractivity contribution in [1.82, 2.24) is 0 Å². The van der Waals surface area contributed by atoms with Gasteiger partial charge in [0.2, 0.25) is 0 Å². The minimum absolute atomic E-state index is 0.245.